The molecule has 2 aromatic heterocycles. The first-order valence-electron chi connectivity index (χ1n) is 10.5. The zero-order valence-corrected chi connectivity index (χ0v) is 18.5. The van der Waals surface area contributed by atoms with Gasteiger partial charge in [-0.3, -0.25) is 14.5 Å². The minimum atomic E-state index is -0.348. The number of carbonyl (C=O) groups is 2. The molecule has 1 aromatic carbocycles. The Bertz CT molecular complexity index is 1050. The summed E-state index contributed by atoms with van der Waals surface area (Å²) in [5.41, 5.74) is 2.19. The molecule has 0 atom stereocenters. The molecule has 0 bridgehead atoms. The van der Waals surface area contributed by atoms with Crippen molar-refractivity contribution in [2.75, 3.05) is 18.1 Å². The Hall–Kier alpha value is -3.26. The Labute approximate surface area is 182 Å². The van der Waals surface area contributed by atoms with Crippen LogP contribution in [0.5, 0.6) is 0 Å². The third kappa shape index (κ3) is 5.46. The van der Waals surface area contributed by atoms with Crippen LogP contribution in [0.3, 0.4) is 0 Å². The molecule has 0 fully saturated rings. The second kappa shape index (κ2) is 10.2. The van der Waals surface area contributed by atoms with E-state index in [2.05, 4.69) is 24.1 Å². The average molecular weight is 424 g/mol. The van der Waals surface area contributed by atoms with Crippen molar-refractivity contribution in [3.05, 3.63) is 54.0 Å². The van der Waals surface area contributed by atoms with E-state index in [0.29, 0.717) is 30.6 Å². The minimum absolute atomic E-state index is 0.0903. The summed E-state index contributed by atoms with van der Waals surface area (Å²) >= 11 is 0. The van der Waals surface area contributed by atoms with Gasteiger partial charge in [0.05, 0.1) is 30.6 Å². The summed E-state index contributed by atoms with van der Waals surface area (Å²) in [6.45, 7) is 7.06. The number of hydrogen-bond acceptors (Lipinski definition) is 6. The lowest BCUT2D eigenvalue weighted by molar-refractivity contribution is -0.142. The molecule has 2 heterocycles. The minimum Gasteiger partial charge on any atom is -0.466 e. The molecule has 8 heteroatoms. The standard InChI is InChI=1S/C23H29N5O3/c1-5-31-22(29)11-13-28(20-8-6-7-12-24-20)23(30)17-9-10-19-18(14-17)26-21(27(19)4)15-25-16(2)3/h6-10,12,14,16,25H,5,11,13,15H2,1-4H3. The number of benzene rings is 1. The molecule has 3 aromatic rings. The van der Waals surface area contributed by atoms with Gasteiger partial charge in [-0.25, -0.2) is 9.97 Å². The van der Waals surface area contributed by atoms with Crippen molar-refractivity contribution in [3.63, 3.8) is 0 Å². The van der Waals surface area contributed by atoms with E-state index in [1.54, 1.807) is 37.4 Å². The van der Waals surface area contributed by atoms with Gasteiger partial charge in [-0.05, 0) is 37.3 Å². The highest BCUT2D eigenvalue weighted by Crippen LogP contribution is 2.20. The SMILES string of the molecule is CCOC(=O)CCN(C(=O)c1ccc2c(c1)nc(CNC(C)C)n2C)c1ccccn1. The number of amides is 1. The van der Waals surface area contributed by atoms with Gasteiger partial charge >= 0.3 is 5.97 Å². The van der Waals surface area contributed by atoms with Gasteiger partial charge in [0.25, 0.3) is 5.91 Å². The molecule has 0 radical (unpaired) electrons. The van der Waals surface area contributed by atoms with E-state index >= 15 is 0 Å². The Balaban J connectivity index is 1.88. The molecule has 0 aliphatic heterocycles. The van der Waals surface area contributed by atoms with Gasteiger partial charge in [0, 0.05) is 31.4 Å². The number of anilines is 1. The van der Waals surface area contributed by atoms with Crippen LogP contribution in [-0.4, -0.2) is 45.6 Å². The number of nitrogens with one attached hydrogen (secondary N) is 1. The predicted octanol–water partition coefficient (Wildman–Crippen LogP) is 3.07. The lowest BCUT2D eigenvalue weighted by Crippen LogP contribution is -2.34. The van der Waals surface area contributed by atoms with Gasteiger partial charge in [-0.2, -0.15) is 0 Å². The molecular weight excluding hydrogens is 394 g/mol. The molecule has 0 aliphatic carbocycles. The Morgan fingerprint density at radius 2 is 2.03 bits per heavy atom. The van der Waals surface area contributed by atoms with Gasteiger partial charge in [-0.1, -0.05) is 19.9 Å². The fraction of sp³-hybridized carbons (Fsp3) is 0.391. The van der Waals surface area contributed by atoms with Crippen LogP contribution in [0, 0.1) is 0 Å². The van der Waals surface area contributed by atoms with Gasteiger partial charge < -0.3 is 14.6 Å². The highest BCUT2D eigenvalue weighted by Gasteiger charge is 2.21. The van der Waals surface area contributed by atoms with Crippen LogP contribution < -0.4 is 10.2 Å². The molecule has 1 N–H and O–H groups in total. The number of fused-ring (bicyclic) bond motifs is 1. The van der Waals surface area contributed by atoms with Crippen molar-refractivity contribution in [3.8, 4) is 0 Å². The second-order valence-electron chi connectivity index (χ2n) is 7.53. The third-order valence-corrected chi connectivity index (χ3v) is 4.90. The summed E-state index contributed by atoms with van der Waals surface area (Å²) in [4.78, 5) is 35.7. The van der Waals surface area contributed by atoms with Crippen molar-refractivity contribution >= 4 is 28.7 Å². The molecule has 8 nitrogen and oxygen atoms in total. The molecule has 0 saturated carbocycles. The molecule has 164 valence electrons. The van der Waals surface area contributed by atoms with Gasteiger partial charge in [0.2, 0.25) is 0 Å². The number of nitrogens with zero attached hydrogens (tertiary/aromatic N) is 4. The zero-order chi connectivity index (χ0) is 22.4. The summed E-state index contributed by atoms with van der Waals surface area (Å²) in [5.74, 6) is 0.799. The number of hydrogen-bond donors (Lipinski definition) is 1. The van der Waals surface area contributed by atoms with Crippen LogP contribution in [0.15, 0.2) is 42.6 Å². The molecule has 0 aliphatic rings. The number of rotatable bonds is 9. The highest BCUT2D eigenvalue weighted by molar-refractivity contribution is 6.07. The highest BCUT2D eigenvalue weighted by atomic mass is 16.5. The van der Waals surface area contributed by atoms with Gasteiger partial charge in [-0.15, -0.1) is 0 Å². The third-order valence-electron chi connectivity index (χ3n) is 4.90. The number of aromatic nitrogens is 3. The predicted molar refractivity (Wildman–Crippen MR) is 120 cm³/mol. The number of imidazole rings is 1. The monoisotopic (exact) mass is 423 g/mol. The van der Waals surface area contributed by atoms with E-state index in [4.69, 9.17) is 9.72 Å². The van der Waals surface area contributed by atoms with Crippen molar-refractivity contribution in [2.24, 2.45) is 7.05 Å². The van der Waals surface area contributed by atoms with Crippen LogP contribution >= 0.6 is 0 Å². The van der Waals surface area contributed by atoms with Gasteiger partial charge in [0.15, 0.2) is 0 Å². The van der Waals surface area contributed by atoms with Crippen LogP contribution in [0.2, 0.25) is 0 Å². The fourth-order valence-electron chi connectivity index (χ4n) is 3.26. The zero-order valence-electron chi connectivity index (χ0n) is 18.5. The molecule has 0 saturated heterocycles. The van der Waals surface area contributed by atoms with E-state index in [1.807, 2.05) is 23.7 Å². The molecule has 1 amide bonds. The molecule has 3 rings (SSSR count). The summed E-state index contributed by atoms with van der Waals surface area (Å²) in [7, 11) is 1.97. The largest absolute Gasteiger partial charge is 0.466 e. The Morgan fingerprint density at radius 3 is 2.71 bits per heavy atom. The summed E-state index contributed by atoms with van der Waals surface area (Å²) in [6, 6.07) is 11.2. The van der Waals surface area contributed by atoms with Crippen LogP contribution in [0.1, 0.15) is 43.4 Å². The maximum absolute atomic E-state index is 13.4. The lowest BCUT2D eigenvalue weighted by Gasteiger charge is -2.21. The summed E-state index contributed by atoms with van der Waals surface area (Å²) < 4.78 is 7.03. The van der Waals surface area contributed by atoms with Crippen LogP contribution in [-0.2, 0) is 23.1 Å². The summed E-state index contributed by atoms with van der Waals surface area (Å²) in [5, 5.41) is 3.37. The number of pyridine rings is 1. The van der Waals surface area contributed by atoms with E-state index in [9.17, 15) is 9.59 Å². The first kappa shape index (κ1) is 22.4. The second-order valence-corrected chi connectivity index (χ2v) is 7.53. The molecular formula is C23H29N5O3. The topological polar surface area (TPSA) is 89.4 Å². The van der Waals surface area contributed by atoms with Crippen molar-refractivity contribution in [1.29, 1.82) is 0 Å². The average Bonchev–Trinajstić information content (AvgIpc) is 3.08. The van der Waals surface area contributed by atoms with Crippen LogP contribution in [0.4, 0.5) is 5.82 Å². The van der Waals surface area contributed by atoms with Crippen LogP contribution in [0.25, 0.3) is 11.0 Å². The summed E-state index contributed by atoms with van der Waals surface area (Å²) in [6.07, 6.45) is 1.71. The van der Waals surface area contributed by atoms with E-state index in [1.165, 1.54) is 4.90 Å². The lowest BCUT2D eigenvalue weighted by atomic mass is 10.1. The van der Waals surface area contributed by atoms with Gasteiger partial charge in [0.1, 0.15) is 11.6 Å². The van der Waals surface area contributed by atoms with E-state index in [-0.39, 0.29) is 24.8 Å². The Kier molecular flexibility index (Phi) is 7.36. The maximum Gasteiger partial charge on any atom is 0.307 e. The van der Waals surface area contributed by atoms with Crippen molar-refractivity contribution in [2.45, 2.75) is 39.8 Å². The number of aryl methyl sites for hydroxylation is 1. The fourth-order valence-corrected chi connectivity index (χ4v) is 3.26. The quantitative estimate of drug-likeness (QED) is 0.532. The molecule has 0 spiro atoms. The maximum atomic E-state index is 13.4. The van der Waals surface area contributed by atoms with Crippen molar-refractivity contribution in [1.82, 2.24) is 19.9 Å². The number of ether oxygens (including phenoxy) is 1. The van der Waals surface area contributed by atoms with E-state index in [0.717, 1.165) is 16.9 Å². The van der Waals surface area contributed by atoms with E-state index < -0.39 is 0 Å². The first-order chi connectivity index (χ1) is 14.9. The normalized spacial score (nSPS) is 11.1. The van der Waals surface area contributed by atoms with Crippen molar-refractivity contribution < 1.29 is 14.3 Å². The number of esters is 1. The molecule has 0 unspecified atom stereocenters. The smallest absolute Gasteiger partial charge is 0.307 e. The first-order valence-corrected chi connectivity index (χ1v) is 10.5. The number of carbonyl (C=O) groups excluding carboxylic acids is 2. The Morgan fingerprint density at radius 1 is 1.23 bits per heavy atom. The molecule has 31 heavy (non-hydrogen) atoms.